The lowest BCUT2D eigenvalue weighted by atomic mass is 10.1. The lowest BCUT2D eigenvalue weighted by molar-refractivity contribution is -0.118. The van der Waals surface area contributed by atoms with E-state index in [-0.39, 0.29) is 12.5 Å². The first-order valence-corrected chi connectivity index (χ1v) is 9.86. The number of carbonyl (C=O) groups excluding carboxylic acids is 1. The van der Waals surface area contributed by atoms with E-state index in [4.69, 9.17) is 27.9 Å². The van der Waals surface area contributed by atoms with Gasteiger partial charge < -0.3 is 4.74 Å². The molecule has 0 saturated heterocycles. The molecule has 4 nitrogen and oxygen atoms in total. The van der Waals surface area contributed by atoms with Crippen LogP contribution in [0, 0.1) is 13.8 Å². The normalized spacial score (nSPS) is 10.7. The van der Waals surface area contributed by atoms with E-state index in [1.54, 1.807) is 18.3 Å². The molecule has 0 radical (unpaired) electrons. The van der Waals surface area contributed by atoms with Crippen LogP contribution < -0.4 is 10.1 Å². The van der Waals surface area contributed by atoms with Gasteiger partial charge in [-0.2, -0.15) is 0 Å². The average Bonchev–Trinajstić information content (AvgIpc) is 3.05. The van der Waals surface area contributed by atoms with Crippen molar-refractivity contribution in [3.05, 3.63) is 74.2 Å². The summed E-state index contributed by atoms with van der Waals surface area (Å²) in [5.41, 5.74) is 3.03. The zero-order valence-corrected chi connectivity index (χ0v) is 17.2. The molecular formula is C20H18Cl2N2O2S. The van der Waals surface area contributed by atoms with Crippen LogP contribution in [0.5, 0.6) is 5.75 Å². The number of benzene rings is 2. The van der Waals surface area contributed by atoms with Crippen molar-refractivity contribution in [3.63, 3.8) is 0 Å². The van der Waals surface area contributed by atoms with Crippen molar-refractivity contribution in [1.29, 1.82) is 0 Å². The molecule has 1 amide bonds. The van der Waals surface area contributed by atoms with Crippen molar-refractivity contribution in [2.45, 2.75) is 20.3 Å². The van der Waals surface area contributed by atoms with E-state index in [9.17, 15) is 4.79 Å². The Labute approximate surface area is 172 Å². The zero-order chi connectivity index (χ0) is 19.4. The van der Waals surface area contributed by atoms with Gasteiger partial charge in [0.2, 0.25) is 0 Å². The number of hydrogen-bond donors (Lipinski definition) is 1. The third-order valence-corrected chi connectivity index (χ3v) is 5.38. The van der Waals surface area contributed by atoms with Gasteiger partial charge >= 0.3 is 0 Å². The van der Waals surface area contributed by atoms with Crippen LogP contribution in [0.2, 0.25) is 10.0 Å². The summed E-state index contributed by atoms with van der Waals surface area (Å²) in [5.74, 6) is 0.462. The number of rotatable bonds is 6. The second kappa shape index (κ2) is 8.74. The third-order valence-electron chi connectivity index (χ3n) is 3.88. The van der Waals surface area contributed by atoms with Crippen LogP contribution in [0.1, 0.15) is 21.6 Å². The first-order valence-electron chi connectivity index (χ1n) is 8.29. The maximum Gasteiger partial charge on any atom is 0.264 e. The third kappa shape index (κ3) is 5.45. The fourth-order valence-corrected chi connectivity index (χ4v) is 3.79. The summed E-state index contributed by atoms with van der Waals surface area (Å²) in [4.78, 5) is 17.4. The van der Waals surface area contributed by atoms with Crippen molar-refractivity contribution < 1.29 is 9.53 Å². The van der Waals surface area contributed by atoms with Crippen molar-refractivity contribution in [2.75, 3.05) is 11.9 Å². The summed E-state index contributed by atoms with van der Waals surface area (Å²) in [6.07, 6.45) is 2.36. The molecule has 3 aromatic rings. The van der Waals surface area contributed by atoms with Crippen LogP contribution in [0.25, 0.3) is 0 Å². The van der Waals surface area contributed by atoms with E-state index >= 15 is 0 Å². The standard InChI is InChI=1S/C20H18Cl2N2O2S/c1-12-3-4-13(2)18(7-12)26-11-19(25)24-20-23-10-16(27-20)8-14-5-6-15(21)9-17(14)22/h3-7,9-10H,8,11H2,1-2H3,(H,23,24,25). The van der Waals surface area contributed by atoms with E-state index in [0.29, 0.717) is 27.3 Å². The number of ether oxygens (including phenoxy) is 1. The minimum Gasteiger partial charge on any atom is -0.483 e. The molecule has 0 fully saturated rings. The maximum absolute atomic E-state index is 12.1. The van der Waals surface area contributed by atoms with Gasteiger partial charge in [-0.1, -0.05) is 41.4 Å². The van der Waals surface area contributed by atoms with Crippen LogP contribution in [0.15, 0.2) is 42.6 Å². The molecular weight excluding hydrogens is 403 g/mol. The van der Waals surface area contributed by atoms with Crippen molar-refractivity contribution in [3.8, 4) is 5.75 Å². The van der Waals surface area contributed by atoms with E-state index in [2.05, 4.69) is 10.3 Å². The average molecular weight is 421 g/mol. The van der Waals surface area contributed by atoms with Gasteiger partial charge in [-0.15, -0.1) is 11.3 Å². The summed E-state index contributed by atoms with van der Waals surface area (Å²) < 4.78 is 5.62. The Hall–Kier alpha value is -2.08. The summed E-state index contributed by atoms with van der Waals surface area (Å²) in [7, 11) is 0. The minimum absolute atomic E-state index is 0.0672. The van der Waals surface area contributed by atoms with Crippen LogP contribution in [-0.2, 0) is 11.2 Å². The molecule has 1 aromatic heterocycles. The fourth-order valence-electron chi connectivity index (χ4n) is 2.46. The molecule has 0 unspecified atom stereocenters. The maximum atomic E-state index is 12.1. The molecule has 3 rings (SSSR count). The summed E-state index contributed by atoms with van der Waals surface area (Å²) in [5, 5.41) is 4.51. The zero-order valence-electron chi connectivity index (χ0n) is 14.9. The van der Waals surface area contributed by atoms with Gasteiger partial charge in [0.15, 0.2) is 11.7 Å². The SMILES string of the molecule is Cc1ccc(C)c(OCC(=O)Nc2ncc(Cc3ccc(Cl)cc3Cl)s2)c1. The first-order chi connectivity index (χ1) is 12.9. The topological polar surface area (TPSA) is 51.2 Å². The number of anilines is 1. The number of carbonyl (C=O) groups is 1. The molecule has 2 aromatic carbocycles. The molecule has 0 aliphatic carbocycles. The van der Waals surface area contributed by atoms with Crippen LogP contribution in [0.3, 0.4) is 0 Å². The Kier molecular flexibility index (Phi) is 6.37. The quantitative estimate of drug-likeness (QED) is 0.558. The van der Waals surface area contributed by atoms with Gasteiger partial charge in [0.25, 0.3) is 5.91 Å². The predicted molar refractivity (Wildman–Crippen MR) is 111 cm³/mol. The minimum atomic E-state index is -0.249. The molecule has 1 heterocycles. The molecule has 0 bridgehead atoms. The Morgan fingerprint density at radius 1 is 1.19 bits per heavy atom. The Bertz CT molecular complexity index is 972. The molecule has 0 saturated carbocycles. The molecule has 27 heavy (non-hydrogen) atoms. The van der Waals surface area contributed by atoms with Crippen LogP contribution >= 0.6 is 34.5 Å². The first kappa shape index (κ1) is 19.7. The fraction of sp³-hybridized carbons (Fsp3) is 0.200. The number of thiazole rings is 1. The van der Waals surface area contributed by atoms with Gasteiger partial charge in [0, 0.05) is 27.5 Å². The molecule has 7 heteroatoms. The summed E-state index contributed by atoms with van der Waals surface area (Å²) in [6.45, 7) is 3.86. The highest BCUT2D eigenvalue weighted by atomic mass is 35.5. The van der Waals surface area contributed by atoms with Gasteiger partial charge in [-0.25, -0.2) is 4.98 Å². The molecule has 1 N–H and O–H groups in total. The number of aromatic nitrogens is 1. The van der Waals surface area contributed by atoms with E-state index in [1.807, 2.05) is 38.1 Å². The van der Waals surface area contributed by atoms with E-state index < -0.39 is 0 Å². The second-order valence-corrected chi connectivity index (χ2v) is 8.11. The lowest BCUT2D eigenvalue weighted by Crippen LogP contribution is -2.20. The highest BCUT2D eigenvalue weighted by Gasteiger charge is 2.10. The number of hydrogen-bond acceptors (Lipinski definition) is 4. The van der Waals surface area contributed by atoms with Crippen molar-refractivity contribution in [2.24, 2.45) is 0 Å². The highest BCUT2D eigenvalue weighted by Crippen LogP contribution is 2.27. The second-order valence-electron chi connectivity index (χ2n) is 6.15. The Balaban J connectivity index is 1.57. The van der Waals surface area contributed by atoms with Gasteiger partial charge in [0.1, 0.15) is 5.75 Å². The van der Waals surface area contributed by atoms with E-state index in [1.165, 1.54) is 11.3 Å². The van der Waals surface area contributed by atoms with E-state index in [0.717, 1.165) is 21.6 Å². The number of aryl methyl sites for hydroxylation is 2. The van der Waals surface area contributed by atoms with Crippen molar-refractivity contribution in [1.82, 2.24) is 4.98 Å². The van der Waals surface area contributed by atoms with Gasteiger partial charge in [0.05, 0.1) is 0 Å². The molecule has 140 valence electrons. The number of nitrogens with zero attached hydrogens (tertiary/aromatic N) is 1. The predicted octanol–water partition coefficient (Wildman–Crippen LogP) is 5.68. The summed E-state index contributed by atoms with van der Waals surface area (Å²) >= 11 is 13.5. The van der Waals surface area contributed by atoms with Gasteiger partial charge in [-0.05, 0) is 48.7 Å². The Morgan fingerprint density at radius 3 is 2.78 bits per heavy atom. The molecule has 0 spiro atoms. The number of nitrogens with one attached hydrogen (secondary N) is 1. The number of amides is 1. The molecule has 0 aliphatic heterocycles. The largest absolute Gasteiger partial charge is 0.483 e. The van der Waals surface area contributed by atoms with Crippen LogP contribution in [-0.4, -0.2) is 17.5 Å². The smallest absolute Gasteiger partial charge is 0.264 e. The molecule has 0 aliphatic rings. The summed E-state index contributed by atoms with van der Waals surface area (Å²) in [6, 6.07) is 11.3. The monoisotopic (exact) mass is 420 g/mol. The van der Waals surface area contributed by atoms with Crippen LogP contribution in [0.4, 0.5) is 5.13 Å². The molecule has 0 atom stereocenters. The Morgan fingerprint density at radius 2 is 2.00 bits per heavy atom. The van der Waals surface area contributed by atoms with Gasteiger partial charge in [-0.3, -0.25) is 10.1 Å². The lowest BCUT2D eigenvalue weighted by Gasteiger charge is -2.09. The van der Waals surface area contributed by atoms with Crippen molar-refractivity contribution >= 4 is 45.6 Å². The highest BCUT2D eigenvalue weighted by molar-refractivity contribution is 7.15. The number of halogens is 2.